The monoisotopic (exact) mass is 423 g/mol. The van der Waals surface area contributed by atoms with Crippen LogP contribution in [0.1, 0.15) is 12.5 Å². The van der Waals surface area contributed by atoms with Crippen molar-refractivity contribution in [1.29, 1.82) is 0 Å². The highest BCUT2D eigenvalue weighted by Crippen LogP contribution is 2.39. The molecule has 148 valence electrons. The van der Waals surface area contributed by atoms with Gasteiger partial charge in [0.05, 0.1) is 19.2 Å². The van der Waals surface area contributed by atoms with Gasteiger partial charge in [0, 0.05) is 0 Å². The van der Waals surface area contributed by atoms with E-state index in [1.54, 1.807) is 30.3 Å². The molecule has 7 nitrogen and oxygen atoms in total. The molecule has 0 aliphatic rings. The molecule has 1 amide bonds. The van der Waals surface area contributed by atoms with Crippen LogP contribution in [0.25, 0.3) is 0 Å². The zero-order valence-electron chi connectivity index (χ0n) is 15.7. The number of anilines is 1. The number of Topliss-reactive ketones (excluding diaryl/α,β-unsaturated/α-hetero) is 1. The smallest absolute Gasteiger partial charge is 0.258 e. The number of hydrogen-bond donors (Lipinski definition) is 1. The molecule has 0 aliphatic carbocycles. The highest BCUT2D eigenvalue weighted by atomic mass is 35.5. The fraction of sp³-hybridized carbons (Fsp3) is 0.263. The van der Waals surface area contributed by atoms with Crippen molar-refractivity contribution in [1.82, 2.24) is 0 Å². The van der Waals surface area contributed by atoms with Gasteiger partial charge in [-0.15, -0.1) is 0 Å². The van der Waals surface area contributed by atoms with Crippen LogP contribution in [0.3, 0.4) is 0 Å². The second-order valence-electron chi connectivity index (χ2n) is 5.83. The zero-order chi connectivity index (χ0) is 20.8. The number of carbonyl (C=O) groups excluding carboxylic acids is 2. The minimum atomic E-state index is -1.38. The van der Waals surface area contributed by atoms with E-state index in [0.29, 0.717) is 22.2 Å². The summed E-state index contributed by atoms with van der Waals surface area (Å²) in [5.41, 5.74) is 1.47. The first-order valence-corrected chi connectivity index (χ1v) is 8.92. The van der Waals surface area contributed by atoms with Crippen LogP contribution in [-0.2, 0) is 9.59 Å². The molecule has 1 unspecified atom stereocenters. The summed E-state index contributed by atoms with van der Waals surface area (Å²) in [6.45, 7) is 3.12. The lowest BCUT2D eigenvalue weighted by Crippen LogP contribution is -2.32. The number of aryl methyl sites for hydroxylation is 1. The second kappa shape index (κ2) is 9.52. The van der Waals surface area contributed by atoms with E-state index in [2.05, 4.69) is 15.5 Å². The molecule has 0 bridgehead atoms. The number of rotatable bonds is 7. The van der Waals surface area contributed by atoms with Gasteiger partial charge in [0.25, 0.3) is 5.91 Å². The lowest BCUT2D eigenvalue weighted by Gasteiger charge is -2.15. The maximum atomic E-state index is 12.7. The Morgan fingerprint density at radius 2 is 1.71 bits per heavy atom. The summed E-state index contributed by atoms with van der Waals surface area (Å²) < 4.78 is 10.4. The van der Waals surface area contributed by atoms with Crippen LogP contribution < -0.4 is 14.8 Å². The van der Waals surface area contributed by atoms with Crippen LogP contribution in [0, 0.1) is 6.92 Å². The van der Waals surface area contributed by atoms with Crippen LogP contribution in [-0.4, -0.2) is 32.0 Å². The van der Waals surface area contributed by atoms with Gasteiger partial charge < -0.3 is 14.8 Å². The number of benzene rings is 2. The van der Waals surface area contributed by atoms with Crippen molar-refractivity contribution in [3.05, 3.63) is 45.9 Å². The summed E-state index contributed by atoms with van der Waals surface area (Å²) in [6, 6.07) is 6.95. The van der Waals surface area contributed by atoms with Gasteiger partial charge in [-0.1, -0.05) is 29.3 Å². The fourth-order valence-corrected chi connectivity index (χ4v) is 2.86. The number of ketones is 1. The first kappa shape index (κ1) is 21.7. The third-order valence-corrected chi connectivity index (χ3v) is 4.45. The van der Waals surface area contributed by atoms with Crippen molar-refractivity contribution in [3.63, 3.8) is 0 Å². The van der Waals surface area contributed by atoms with Crippen molar-refractivity contribution in [2.75, 3.05) is 19.5 Å². The molecule has 2 aromatic carbocycles. The van der Waals surface area contributed by atoms with E-state index < -0.39 is 17.7 Å². The van der Waals surface area contributed by atoms with Crippen LogP contribution >= 0.6 is 23.2 Å². The van der Waals surface area contributed by atoms with Crippen LogP contribution in [0.4, 0.5) is 11.4 Å². The van der Waals surface area contributed by atoms with Gasteiger partial charge in [-0.05, 0) is 43.7 Å². The number of halogens is 2. The number of nitrogens with zero attached hydrogens (tertiary/aromatic N) is 2. The van der Waals surface area contributed by atoms with Gasteiger partial charge in [0.15, 0.2) is 5.78 Å². The Balaban J connectivity index is 2.31. The van der Waals surface area contributed by atoms with E-state index in [1.165, 1.54) is 21.1 Å². The lowest BCUT2D eigenvalue weighted by molar-refractivity contribution is -0.126. The molecule has 1 atom stereocenters. The number of nitrogens with one attached hydrogen (secondary N) is 1. The van der Waals surface area contributed by atoms with Gasteiger partial charge in [-0.2, -0.15) is 10.2 Å². The molecule has 9 heteroatoms. The molecule has 1 N–H and O–H groups in total. The topological polar surface area (TPSA) is 89.3 Å². The maximum absolute atomic E-state index is 12.7. The van der Waals surface area contributed by atoms with Crippen LogP contribution in [0.15, 0.2) is 40.6 Å². The summed E-state index contributed by atoms with van der Waals surface area (Å²) in [4.78, 5) is 24.6. The molecule has 0 radical (unpaired) electrons. The largest absolute Gasteiger partial charge is 0.495 e. The normalized spacial score (nSPS) is 11.9. The van der Waals surface area contributed by atoms with E-state index in [4.69, 9.17) is 32.7 Å². The molecule has 0 heterocycles. The first-order valence-electron chi connectivity index (χ1n) is 8.17. The molecule has 0 aliphatic heterocycles. The Morgan fingerprint density at radius 3 is 2.29 bits per heavy atom. The average molecular weight is 424 g/mol. The van der Waals surface area contributed by atoms with E-state index in [-0.39, 0.29) is 10.7 Å². The van der Waals surface area contributed by atoms with Crippen LogP contribution in [0.2, 0.25) is 10.0 Å². The molecular weight excluding hydrogens is 405 g/mol. The SMILES string of the molecule is COc1ccc(OC)c(NC(=O)C(N=Nc2ccc(C)cc2Cl)C(C)=O)c1Cl. The van der Waals surface area contributed by atoms with E-state index >= 15 is 0 Å². The molecule has 0 spiro atoms. The lowest BCUT2D eigenvalue weighted by atomic mass is 10.2. The van der Waals surface area contributed by atoms with Gasteiger partial charge in [-0.25, -0.2) is 0 Å². The Labute approximate surface area is 172 Å². The number of azo groups is 1. The highest BCUT2D eigenvalue weighted by molar-refractivity contribution is 6.36. The second-order valence-corrected chi connectivity index (χ2v) is 6.62. The molecule has 2 aromatic rings. The minimum Gasteiger partial charge on any atom is -0.495 e. The molecule has 0 saturated heterocycles. The van der Waals surface area contributed by atoms with Crippen molar-refractivity contribution in [2.24, 2.45) is 10.2 Å². The van der Waals surface area contributed by atoms with E-state index in [0.717, 1.165) is 5.56 Å². The van der Waals surface area contributed by atoms with E-state index in [9.17, 15) is 9.59 Å². The molecule has 0 saturated carbocycles. The first-order chi connectivity index (χ1) is 13.3. The summed E-state index contributed by atoms with van der Waals surface area (Å²) in [5, 5.41) is 10.9. The van der Waals surface area contributed by atoms with Crippen molar-refractivity contribution in [2.45, 2.75) is 19.9 Å². The van der Waals surface area contributed by atoms with Gasteiger partial charge in [-0.3, -0.25) is 9.59 Å². The summed E-state index contributed by atoms with van der Waals surface area (Å²) >= 11 is 12.4. The van der Waals surface area contributed by atoms with Crippen molar-refractivity contribution >= 4 is 46.3 Å². The molecule has 2 rings (SSSR count). The maximum Gasteiger partial charge on any atom is 0.258 e. The highest BCUT2D eigenvalue weighted by Gasteiger charge is 2.26. The molecular formula is C19H19Cl2N3O4. The predicted molar refractivity (Wildman–Crippen MR) is 108 cm³/mol. The number of ether oxygens (including phenoxy) is 2. The fourth-order valence-electron chi connectivity index (χ4n) is 2.31. The van der Waals surface area contributed by atoms with Crippen molar-refractivity contribution < 1.29 is 19.1 Å². The molecule has 28 heavy (non-hydrogen) atoms. The zero-order valence-corrected chi connectivity index (χ0v) is 17.3. The van der Waals surface area contributed by atoms with Gasteiger partial charge in [0.2, 0.25) is 6.04 Å². The standard InChI is InChI=1S/C19H19Cl2N3O4/c1-10-5-6-13(12(20)9-10)23-24-17(11(2)25)19(26)22-18-15(28-4)8-7-14(27-3)16(18)21/h5-9,17H,1-4H3,(H,22,26). The van der Waals surface area contributed by atoms with Crippen LogP contribution in [0.5, 0.6) is 11.5 Å². The van der Waals surface area contributed by atoms with Gasteiger partial charge in [0.1, 0.15) is 27.9 Å². The Kier molecular flexibility index (Phi) is 7.37. The summed E-state index contributed by atoms with van der Waals surface area (Å²) in [6.07, 6.45) is 0. The quantitative estimate of drug-likeness (QED) is 0.501. The third kappa shape index (κ3) is 4.99. The third-order valence-electron chi connectivity index (χ3n) is 3.77. The Morgan fingerprint density at radius 1 is 1.07 bits per heavy atom. The molecule has 0 fully saturated rings. The summed E-state index contributed by atoms with van der Waals surface area (Å²) in [5.74, 6) is -0.569. The van der Waals surface area contributed by atoms with Gasteiger partial charge >= 0.3 is 0 Å². The number of carbonyl (C=O) groups is 2. The molecule has 0 aromatic heterocycles. The summed E-state index contributed by atoms with van der Waals surface area (Å²) in [7, 11) is 2.87. The number of amides is 1. The Bertz CT molecular complexity index is 932. The predicted octanol–water partition coefficient (Wildman–Crippen LogP) is 5.00. The van der Waals surface area contributed by atoms with Crippen molar-refractivity contribution in [3.8, 4) is 11.5 Å². The minimum absolute atomic E-state index is 0.135. The Hall–Kier alpha value is -2.64. The van der Waals surface area contributed by atoms with E-state index in [1.807, 2.05) is 6.92 Å². The number of methoxy groups -OCH3 is 2. The number of hydrogen-bond acceptors (Lipinski definition) is 6. The average Bonchev–Trinajstić information content (AvgIpc) is 2.64.